The molecule has 128 valence electrons. The first-order valence-corrected chi connectivity index (χ1v) is 9.90. The van der Waals surface area contributed by atoms with Crippen LogP contribution in [0.1, 0.15) is 18.9 Å². The third kappa shape index (κ3) is 4.63. The summed E-state index contributed by atoms with van der Waals surface area (Å²) in [5.41, 5.74) is 0.758. The molecule has 0 bridgehead atoms. The van der Waals surface area contributed by atoms with Gasteiger partial charge in [-0.05, 0) is 87.1 Å². The first-order chi connectivity index (χ1) is 11.3. The third-order valence-corrected chi connectivity index (χ3v) is 5.49. The number of hydrogen-bond acceptors (Lipinski definition) is 5. The first kappa shape index (κ1) is 19.5. The number of carbonyl (C=O) groups is 3. The molecule has 1 heterocycles. The number of benzene rings is 1. The summed E-state index contributed by atoms with van der Waals surface area (Å²) in [6.45, 7) is 1.91. The quantitative estimate of drug-likeness (QED) is 0.412. The topological polar surface area (TPSA) is 83.9 Å². The lowest BCUT2D eigenvalue weighted by molar-refractivity contribution is -0.139. The maximum Gasteiger partial charge on any atom is 0.341 e. The standard InChI is InChI=1S/C15H13I2NO5S/c1-2-3-18-14(21)11(24-15(18)22)6-8-4-9(16)13(10(17)5-8)23-7-12(19)20/h4-6H,2-3,7H2,1H3,(H,19,20)/b11-6+. The van der Waals surface area contributed by atoms with Crippen molar-refractivity contribution < 1.29 is 24.2 Å². The lowest BCUT2D eigenvalue weighted by atomic mass is 10.2. The molecule has 1 aromatic carbocycles. The van der Waals surface area contributed by atoms with Crippen LogP contribution in [0.3, 0.4) is 0 Å². The summed E-state index contributed by atoms with van der Waals surface area (Å²) in [5.74, 6) is -0.826. The summed E-state index contributed by atoms with van der Waals surface area (Å²) < 4.78 is 6.74. The average Bonchev–Trinajstić information content (AvgIpc) is 2.74. The predicted octanol–water partition coefficient (Wildman–Crippen LogP) is 3.81. The molecule has 0 atom stereocenters. The molecule has 0 unspecified atom stereocenters. The molecule has 0 aliphatic carbocycles. The highest BCUT2D eigenvalue weighted by Crippen LogP contribution is 2.34. The van der Waals surface area contributed by atoms with Crippen molar-refractivity contribution in [2.75, 3.05) is 13.2 Å². The second kappa shape index (κ2) is 8.52. The molecule has 0 radical (unpaired) electrons. The molecule has 0 saturated carbocycles. The predicted molar refractivity (Wildman–Crippen MR) is 108 cm³/mol. The van der Waals surface area contributed by atoms with Gasteiger partial charge in [-0.25, -0.2) is 4.79 Å². The summed E-state index contributed by atoms with van der Waals surface area (Å²) in [6, 6.07) is 3.57. The molecule has 24 heavy (non-hydrogen) atoms. The fourth-order valence-corrected chi connectivity index (χ4v) is 5.00. The van der Waals surface area contributed by atoms with Crippen molar-refractivity contribution in [3.63, 3.8) is 0 Å². The fourth-order valence-electron chi connectivity index (χ4n) is 2.00. The Labute approximate surface area is 170 Å². The highest BCUT2D eigenvalue weighted by atomic mass is 127. The Morgan fingerprint density at radius 2 is 1.96 bits per heavy atom. The Morgan fingerprint density at radius 3 is 2.50 bits per heavy atom. The van der Waals surface area contributed by atoms with Gasteiger partial charge in [0.2, 0.25) is 0 Å². The average molecular weight is 573 g/mol. The zero-order valence-electron chi connectivity index (χ0n) is 12.5. The van der Waals surface area contributed by atoms with Crippen LogP contribution in [0, 0.1) is 7.14 Å². The number of halogens is 2. The number of ether oxygens (including phenoxy) is 1. The summed E-state index contributed by atoms with van der Waals surface area (Å²) >= 11 is 5.03. The third-order valence-electron chi connectivity index (χ3n) is 2.98. The van der Waals surface area contributed by atoms with E-state index in [-0.39, 0.29) is 11.1 Å². The number of nitrogens with zero attached hydrogens (tertiary/aromatic N) is 1. The number of aliphatic carboxylic acids is 1. The van der Waals surface area contributed by atoms with Gasteiger partial charge in [0.25, 0.3) is 11.1 Å². The van der Waals surface area contributed by atoms with E-state index >= 15 is 0 Å². The highest BCUT2D eigenvalue weighted by Gasteiger charge is 2.34. The molecule has 1 saturated heterocycles. The summed E-state index contributed by atoms with van der Waals surface area (Å²) in [7, 11) is 0. The van der Waals surface area contributed by atoms with Gasteiger partial charge in [0, 0.05) is 6.54 Å². The zero-order chi connectivity index (χ0) is 17.9. The smallest absolute Gasteiger partial charge is 0.341 e. The number of thioether (sulfide) groups is 1. The number of carbonyl (C=O) groups excluding carboxylic acids is 2. The van der Waals surface area contributed by atoms with Crippen LogP contribution in [0.15, 0.2) is 17.0 Å². The number of hydrogen-bond donors (Lipinski definition) is 1. The summed E-state index contributed by atoms with van der Waals surface area (Å²) in [4.78, 5) is 36.4. The van der Waals surface area contributed by atoms with Crippen LogP contribution in [0.25, 0.3) is 6.08 Å². The Kier molecular flexibility index (Phi) is 6.92. The Hall–Kier alpha value is -0.820. The van der Waals surface area contributed by atoms with E-state index in [0.717, 1.165) is 30.9 Å². The van der Waals surface area contributed by atoms with Crippen molar-refractivity contribution in [2.45, 2.75) is 13.3 Å². The minimum atomic E-state index is -1.05. The van der Waals surface area contributed by atoms with Crippen molar-refractivity contribution in [1.29, 1.82) is 0 Å². The molecule has 1 aliphatic heterocycles. The van der Waals surface area contributed by atoms with Crippen molar-refractivity contribution in [3.05, 3.63) is 29.7 Å². The second-order valence-electron chi connectivity index (χ2n) is 4.83. The maximum atomic E-state index is 12.2. The van der Waals surface area contributed by atoms with Gasteiger partial charge < -0.3 is 9.84 Å². The van der Waals surface area contributed by atoms with E-state index in [1.165, 1.54) is 4.90 Å². The van der Waals surface area contributed by atoms with E-state index in [1.54, 1.807) is 18.2 Å². The molecular formula is C15H13I2NO5S. The van der Waals surface area contributed by atoms with Gasteiger partial charge in [-0.2, -0.15) is 0 Å². The Balaban J connectivity index is 2.26. The monoisotopic (exact) mass is 573 g/mol. The largest absolute Gasteiger partial charge is 0.480 e. The number of carboxylic acid groups (broad SMARTS) is 1. The van der Waals surface area contributed by atoms with Gasteiger partial charge in [-0.3, -0.25) is 14.5 Å². The number of amides is 2. The first-order valence-electron chi connectivity index (χ1n) is 6.92. The highest BCUT2D eigenvalue weighted by molar-refractivity contribution is 14.1. The van der Waals surface area contributed by atoms with Crippen LogP contribution in [-0.4, -0.2) is 40.3 Å². The Bertz CT molecular complexity index is 712. The molecule has 6 nitrogen and oxygen atoms in total. The van der Waals surface area contributed by atoms with E-state index in [4.69, 9.17) is 9.84 Å². The van der Waals surface area contributed by atoms with Crippen LogP contribution in [0.5, 0.6) is 5.75 Å². The number of rotatable bonds is 6. The molecule has 0 spiro atoms. The number of carboxylic acids is 1. The lowest BCUT2D eigenvalue weighted by Crippen LogP contribution is -2.28. The van der Waals surface area contributed by atoms with E-state index in [2.05, 4.69) is 45.2 Å². The van der Waals surface area contributed by atoms with E-state index in [0.29, 0.717) is 17.2 Å². The molecule has 1 aliphatic rings. The van der Waals surface area contributed by atoms with Crippen molar-refractivity contribution >= 4 is 80.1 Å². The molecule has 9 heteroatoms. The molecule has 1 fully saturated rings. The summed E-state index contributed by atoms with van der Waals surface area (Å²) in [6.07, 6.45) is 2.39. The van der Waals surface area contributed by atoms with Gasteiger partial charge in [-0.15, -0.1) is 0 Å². The molecule has 1 N–H and O–H groups in total. The second-order valence-corrected chi connectivity index (χ2v) is 8.15. The van der Waals surface area contributed by atoms with Gasteiger partial charge in [-0.1, -0.05) is 6.92 Å². The molecule has 2 amide bonds. The summed E-state index contributed by atoms with van der Waals surface area (Å²) in [5, 5.41) is 8.46. The van der Waals surface area contributed by atoms with Crippen LogP contribution in [0.4, 0.5) is 4.79 Å². The van der Waals surface area contributed by atoms with E-state index in [1.807, 2.05) is 6.92 Å². The molecule has 2 rings (SSSR count). The molecular weight excluding hydrogens is 560 g/mol. The minimum Gasteiger partial charge on any atom is -0.480 e. The van der Waals surface area contributed by atoms with E-state index < -0.39 is 12.6 Å². The lowest BCUT2D eigenvalue weighted by Gasteiger charge is -2.10. The van der Waals surface area contributed by atoms with Gasteiger partial charge in [0.05, 0.1) is 12.0 Å². The SMILES string of the molecule is CCCN1C(=O)S/C(=C/c2cc(I)c(OCC(=O)O)c(I)c2)C1=O. The van der Waals surface area contributed by atoms with Crippen LogP contribution < -0.4 is 4.74 Å². The van der Waals surface area contributed by atoms with Gasteiger partial charge >= 0.3 is 5.97 Å². The maximum absolute atomic E-state index is 12.2. The van der Waals surface area contributed by atoms with Crippen molar-refractivity contribution in [3.8, 4) is 5.75 Å². The van der Waals surface area contributed by atoms with Gasteiger partial charge in [0.1, 0.15) is 5.75 Å². The fraction of sp³-hybridized carbons (Fsp3) is 0.267. The van der Waals surface area contributed by atoms with Crippen LogP contribution in [0.2, 0.25) is 0 Å². The van der Waals surface area contributed by atoms with Crippen molar-refractivity contribution in [2.24, 2.45) is 0 Å². The zero-order valence-corrected chi connectivity index (χ0v) is 17.7. The Morgan fingerprint density at radius 1 is 1.33 bits per heavy atom. The van der Waals surface area contributed by atoms with Crippen molar-refractivity contribution in [1.82, 2.24) is 4.90 Å². The molecule has 1 aromatic rings. The molecule has 0 aromatic heterocycles. The van der Waals surface area contributed by atoms with Crippen LogP contribution >= 0.6 is 56.9 Å². The minimum absolute atomic E-state index is 0.251. The van der Waals surface area contributed by atoms with E-state index in [9.17, 15) is 14.4 Å². The normalized spacial score (nSPS) is 16.1. The van der Waals surface area contributed by atoms with Crippen LogP contribution in [-0.2, 0) is 9.59 Å². The number of imide groups is 1. The van der Waals surface area contributed by atoms with Gasteiger partial charge in [0.15, 0.2) is 6.61 Å².